The summed E-state index contributed by atoms with van der Waals surface area (Å²) in [5.74, 6) is -0.105. The van der Waals surface area contributed by atoms with Crippen molar-refractivity contribution in [2.75, 3.05) is 25.5 Å². The predicted molar refractivity (Wildman–Crippen MR) is 118 cm³/mol. The number of rotatable bonds is 6. The van der Waals surface area contributed by atoms with Gasteiger partial charge in [-0.25, -0.2) is 4.79 Å². The number of carbonyl (C=O) groups excluding carboxylic acids is 2. The Morgan fingerprint density at radius 2 is 1.76 bits per heavy atom. The summed E-state index contributed by atoms with van der Waals surface area (Å²) in [7, 11) is 3.98. The molecule has 0 bridgehead atoms. The molecule has 1 aliphatic heterocycles. The van der Waals surface area contributed by atoms with E-state index in [9.17, 15) is 9.59 Å². The van der Waals surface area contributed by atoms with E-state index in [4.69, 9.17) is 0 Å². The Morgan fingerprint density at radius 3 is 2.34 bits per heavy atom. The number of carbonyl (C=O) groups is 2. The summed E-state index contributed by atoms with van der Waals surface area (Å²) in [6.07, 6.45) is 3.40. The summed E-state index contributed by atoms with van der Waals surface area (Å²) < 4.78 is 0. The number of nitrogens with one attached hydrogen (secondary N) is 1. The predicted octanol–water partition coefficient (Wildman–Crippen LogP) is 4.40. The van der Waals surface area contributed by atoms with Crippen LogP contribution in [0.25, 0.3) is 6.08 Å². The third-order valence-electron chi connectivity index (χ3n) is 5.15. The maximum absolute atomic E-state index is 13.2. The van der Waals surface area contributed by atoms with E-state index in [-0.39, 0.29) is 11.8 Å². The summed E-state index contributed by atoms with van der Waals surface area (Å²) in [5, 5.41) is 2.98. The molecule has 0 saturated carbocycles. The molecule has 2 amide bonds. The van der Waals surface area contributed by atoms with Crippen molar-refractivity contribution in [2.45, 2.75) is 19.9 Å². The molecular formula is C24H27N3O2. The van der Waals surface area contributed by atoms with Crippen LogP contribution in [0.4, 0.5) is 10.5 Å². The molecule has 5 nitrogen and oxygen atoms in total. The number of anilines is 1. The molecule has 2 aromatic rings. The number of allylic oxidation sites excluding steroid dienone is 2. The quantitative estimate of drug-likeness (QED) is 0.745. The van der Waals surface area contributed by atoms with Crippen LogP contribution in [0.15, 0.2) is 71.9 Å². The van der Waals surface area contributed by atoms with Crippen LogP contribution in [0, 0.1) is 0 Å². The molecule has 2 aromatic carbocycles. The van der Waals surface area contributed by atoms with Crippen molar-refractivity contribution in [1.29, 1.82) is 0 Å². The third-order valence-corrected chi connectivity index (χ3v) is 5.15. The van der Waals surface area contributed by atoms with Gasteiger partial charge < -0.3 is 10.2 Å². The normalized spacial score (nSPS) is 16.9. The average molecular weight is 389 g/mol. The molecule has 150 valence electrons. The molecule has 1 atom stereocenters. The average Bonchev–Trinajstić information content (AvgIpc) is 2.73. The number of nitrogens with zero attached hydrogens (tertiary/aromatic N) is 2. The molecule has 0 spiro atoms. The van der Waals surface area contributed by atoms with E-state index in [2.05, 4.69) is 5.32 Å². The van der Waals surface area contributed by atoms with E-state index in [0.717, 1.165) is 16.8 Å². The van der Waals surface area contributed by atoms with Crippen LogP contribution in [-0.2, 0) is 4.79 Å². The highest BCUT2D eigenvalue weighted by Crippen LogP contribution is 2.31. The van der Waals surface area contributed by atoms with E-state index in [1.165, 1.54) is 0 Å². The molecule has 1 aliphatic rings. The molecule has 0 saturated heterocycles. The van der Waals surface area contributed by atoms with Crippen molar-refractivity contribution < 1.29 is 9.59 Å². The molecule has 0 radical (unpaired) electrons. The Balaban J connectivity index is 1.93. The SMILES string of the molecule is CCN1C(=O)N[C@@H](c2ccccc2)C(C(=O)/C=C/c2ccc(N(C)C)cc2)=C1C. The summed E-state index contributed by atoms with van der Waals surface area (Å²) >= 11 is 0. The van der Waals surface area contributed by atoms with Gasteiger partial charge in [-0.2, -0.15) is 0 Å². The van der Waals surface area contributed by atoms with Crippen molar-refractivity contribution in [3.63, 3.8) is 0 Å². The van der Waals surface area contributed by atoms with E-state index in [1.54, 1.807) is 11.0 Å². The minimum atomic E-state index is -0.459. The first kappa shape index (κ1) is 20.4. The highest BCUT2D eigenvalue weighted by atomic mass is 16.2. The van der Waals surface area contributed by atoms with Crippen LogP contribution in [0.1, 0.15) is 31.0 Å². The Bertz CT molecular complexity index is 944. The van der Waals surface area contributed by atoms with Crippen LogP contribution >= 0.6 is 0 Å². The topological polar surface area (TPSA) is 52.7 Å². The highest BCUT2D eigenvalue weighted by Gasteiger charge is 2.33. The second-order valence-corrected chi connectivity index (χ2v) is 7.22. The lowest BCUT2D eigenvalue weighted by Gasteiger charge is -2.35. The lowest BCUT2D eigenvalue weighted by atomic mass is 9.91. The van der Waals surface area contributed by atoms with E-state index < -0.39 is 6.04 Å². The van der Waals surface area contributed by atoms with E-state index in [0.29, 0.717) is 17.8 Å². The molecule has 0 aromatic heterocycles. The molecule has 1 N–H and O–H groups in total. The molecular weight excluding hydrogens is 362 g/mol. The maximum Gasteiger partial charge on any atom is 0.322 e. The van der Waals surface area contributed by atoms with Gasteiger partial charge in [0.2, 0.25) is 0 Å². The second-order valence-electron chi connectivity index (χ2n) is 7.22. The number of amides is 2. The summed E-state index contributed by atoms with van der Waals surface area (Å²) in [6, 6.07) is 16.9. The maximum atomic E-state index is 13.2. The number of benzene rings is 2. The number of ketones is 1. The van der Waals surface area contributed by atoms with Gasteiger partial charge in [0.25, 0.3) is 0 Å². The molecule has 3 rings (SSSR count). The van der Waals surface area contributed by atoms with Crippen molar-refractivity contribution in [3.05, 3.63) is 83.1 Å². The van der Waals surface area contributed by atoms with Crippen LogP contribution in [0.5, 0.6) is 0 Å². The van der Waals surface area contributed by atoms with Gasteiger partial charge in [-0.05, 0) is 43.2 Å². The van der Waals surface area contributed by atoms with Crippen LogP contribution in [-0.4, -0.2) is 37.4 Å². The van der Waals surface area contributed by atoms with Crippen molar-refractivity contribution in [3.8, 4) is 0 Å². The standard InChI is InChI=1S/C24H27N3O2/c1-5-27-17(2)22(23(25-24(27)29)19-9-7-6-8-10-19)21(28)16-13-18-11-14-20(15-12-18)26(3)4/h6-16,23H,5H2,1-4H3,(H,25,29)/b16-13+/t23-/m0/s1. The second kappa shape index (κ2) is 8.78. The van der Waals surface area contributed by atoms with Crippen molar-refractivity contribution >= 4 is 23.6 Å². The molecule has 0 unspecified atom stereocenters. The zero-order valence-corrected chi connectivity index (χ0v) is 17.3. The monoisotopic (exact) mass is 389 g/mol. The van der Waals surface area contributed by atoms with Gasteiger partial charge in [-0.3, -0.25) is 9.69 Å². The van der Waals surface area contributed by atoms with Gasteiger partial charge in [-0.1, -0.05) is 48.5 Å². The van der Waals surface area contributed by atoms with Gasteiger partial charge in [0, 0.05) is 37.6 Å². The zero-order valence-electron chi connectivity index (χ0n) is 17.3. The van der Waals surface area contributed by atoms with E-state index in [1.807, 2.05) is 93.5 Å². The molecule has 5 heteroatoms. The lowest BCUT2D eigenvalue weighted by Crippen LogP contribution is -2.47. The summed E-state index contributed by atoms with van der Waals surface area (Å²) in [4.78, 5) is 29.3. The smallest absolute Gasteiger partial charge is 0.322 e. The van der Waals surface area contributed by atoms with Crippen molar-refractivity contribution in [2.24, 2.45) is 0 Å². The van der Waals surface area contributed by atoms with Crippen molar-refractivity contribution in [1.82, 2.24) is 10.2 Å². The highest BCUT2D eigenvalue weighted by molar-refractivity contribution is 6.09. The van der Waals surface area contributed by atoms with Gasteiger partial charge in [0.15, 0.2) is 5.78 Å². The fraction of sp³-hybridized carbons (Fsp3) is 0.250. The summed E-state index contributed by atoms with van der Waals surface area (Å²) in [5.41, 5.74) is 4.24. The molecule has 1 heterocycles. The minimum Gasteiger partial charge on any atom is -0.378 e. The van der Waals surface area contributed by atoms with Gasteiger partial charge in [0.05, 0.1) is 6.04 Å². The first-order valence-corrected chi connectivity index (χ1v) is 9.76. The van der Waals surface area contributed by atoms with Gasteiger partial charge in [-0.15, -0.1) is 0 Å². The van der Waals surface area contributed by atoms with E-state index >= 15 is 0 Å². The first-order chi connectivity index (χ1) is 13.9. The van der Waals surface area contributed by atoms with Crippen LogP contribution < -0.4 is 10.2 Å². The van der Waals surface area contributed by atoms with Crippen LogP contribution in [0.2, 0.25) is 0 Å². The first-order valence-electron chi connectivity index (χ1n) is 9.76. The fourth-order valence-electron chi connectivity index (χ4n) is 3.52. The number of urea groups is 1. The minimum absolute atomic E-state index is 0.105. The lowest BCUT2D eigenvalue weighted by molar-refractivity contribution is -0.111. The zero-order chi connectivity index (χ0) is 21.0. The number of hydrogen-bond acceptors (Lipinski definition) is 3. The van der Waals surface area contributed by atoms with Crippen LogP contribution in [0.3, 0.4) is 0 Å². The molecule has 0 aliphatic carbocycles. The Hall–Kier alpha value is -3.34. The van der Waals surface area contributed by atoms with Gasteiger partial charge >= 0.3 is 6.03 Å². The largest absolute Gasteiger partial charge is 0.378 e. The summed E-state index contributed by atoms with van der Waals surface area (Å²) in [6.45, 7) is 4.24. The van der Waals surface area contributed by atoms with Gasteiger partial charge in [0.1, 0.15) is 0 Å². The number of hydrogen-bond donors (Lipinski definition) is 1. The Labute approximate surface area is 172 Å². The Kier molecular flexibility index (Phi) is 6.17. The third kappa shape index (κ3) is 4.40. The Morgan fingerprint density at radius 1 is 1.10 bits per heavy atom. The molecule has 0 fully saturated rings. The fourth-order valence-corrected chi connectivity index (χ4v) is 3.52. The molecule has 29 heavy (non-hydrogen) atoms.